The van der Waals surface area contributed by atoms with E-state index in [0.717, 1.165) is 0 Å². The van der Waals surface area contributed by atoms with Crippen LogP contribution in [0.3, 0.4) is 0 Å². The Bertz CT molecular complexity index is 527. The summed E-state index contributed by atoms with van der Waals surface area (Å²) in [6.45, 7) is 2.72. The molecule has 1 amide bonds. The maximum atomic E-state index is 12.3. The molecule has 1 fully saturated rings. The first kappa shape index (κ1) is 13.2. The number of phenolic OH excluding ortho intramolecular Hbond substituents is 2. The molecule has 19 heavy (non-hydrogen) atoms. The molecule has 6 heteroatoms. The first-order valence-corrected chi connectivity index (χ1v) is 6.05. The van der Waals surface area contributed by atoms with Crippen LogP contribution in [0.15, 0.2) is 23.4 Å². The fraction of sp³-hybridized carbons (Fsp3) is 0.385. The molecule has 0 aliphatic carbocycles. The van der Waals surface area contributed by atoms with Gasteiger partial charge in [-0.05, 0) is 18.2 Å². The van der Waals surface area contributed by atoms with E-state index in [1.807, 2.05) is 6.92 Å². The van der Waals surface area contributed by atoms with Crippen LogP contribution in [0.5, 0.6) is 11.5 Å². The van der Waals surface area contributed by atoms with E-state index in [2.05, 4.69) is 5.16 Å². The summed E-state index contributed by atoms with van der Waals surface area (Å²) in [6, 6.07) is 3.86. The summed E-state index contributed by atoms with van der Waals surface area (Å²) in [5.41, 5.74) is 0.751. The van der Waals surface area contributed by atoms with Crippen molar-refractivity contribution in [3.05, 3.63) is 23.8 Å². The SMILES string of the molecule is CC1CN(C(=O)c2cc(O)ccc2O)CC/C1=N\O. The number of rotatable bonds is 1. The van der Waals surface area contributed by atoms with E-state index >= 15 is 0 Å². The molecule has 1 atom stereocenters. The Kier molecular flexibility index (Phi) is 3.59. The second kappa shape index (κ2) is 5.17. The second-order valence-corrected chi connectivity index (χ2v) is 4.70. The summed E-state index contributed by atoms with van der Waals surface area (Å²) in [7, 11) is 0. The zero-order chi connectivity index (χ0) is 14.0. The van der Waals surface area contributed by atoms with Gasteiger partial charge in [-0.3, -0.25) is 4.79 Å². The van der Waals surface area contributed by atoms with Crippen LogP contribution < -0.4 is 0 Å². The van der Waals surface area contributed by atoms with Gasteiger partial charge in [0.05, 0.1) is 11.3 Å². The molecule has 1 heterocycles. The minimum atomic E-state index is -0.336. The Hall–Kier alpha value is -2.24. The Morgan fingerprint density at radius 3 is 2.79 bits per heavy atom. The molecule has 1 aromatic rings. The van der Waals surface area contributed by atoms with Gasteiger partial charge in [0.2, 0.25) is 0 Å². The van der Waals surface area contributed by atoms with Gasteiger partial charge < -0.3 is 20.3 Å². The Balaban J connectivity index is 2.19. The molecule has 0 bridgehead atoms. The van der Waals surface area contributed by atoms with E-state index in [-0.39, 0.29) is 28.9 Å². The smallest absolute Gasteiger partial charge is 0.257 e. The van der Waals surface area contributed by atoms with Crippen LogP contribution in [0, 0.1) is 5.92 Å². The quantitative estimate of drug-likeness (QED) is 0.406. The van der Waals surface area contributed by atoms with Crippen LogP contribution >= 0.6 is 0 Å². The van der Waals surface area contributed by atoms with E-state index in [1.165, 1.54) is 18.2 Å². The molecule has 0 saturated carbocycles. The van der Waals surface area contributed by atoms with Crippen LogP contribution in [-0.2, 0) is 0 Å². The molecule has 0 aromatic heterocycles. The Morgan fingerprint density at radius 1 is 1.42 bits per heavy atom. The zero-order valence-corrected chi connectivity index (χ0v) is 10.6. The fourth-order valence-corrected chi connectivity index (χ4v) is 2.22. The van der Waals surface area contributed by atoms with Gasteiger partial charge in [0.1, 0.15) is 11.5 Å². The number of piperidine rings is 1. The number of amides is 1. The third-order valence-corrected chi connectivity index (χ3v) is 3.33. The van der Waals surface area contributed by atoms with Gasteiger partial charge >= 0.3 is 0 Å². The Morgan fingerprint density at radius 2 is 2.16 bits per heavy atom. The minimum Gasteiger partial charge on any atom is -0.508 e. The normalized spacial score (nSPS) is 21.6. The highest BCUT2D eigenvalue weighted by molar-refractivity contribution is 5.98. The third kappa shape index (κ3) is 2.62. The van der Waals surface area contributed by atoms with Crippen molar-refractivity contribution in [2.45, 2.75) is 13.3 Å². The average molecular weight is 264 g/mol. The number of hydrogen-bond donors (Lipinski definition) is 3. The van der Waals surface area contributed by atoms with Crippen molar-refractivity contribution < 1.29 is 20.2 Å². The molecule has 102 valence electrons. The molecule has 1 aliphatic heterocycles. The number of carbonyl (C=O) groups is 1. The Labute approximate surface area is 110 Å². The molecule has 6 nitrogen and oxygen atoms in total. The van der Waals surface area contributed by atoms with E-state index in [1.54, 1.807) is 4.90 Å². The van der Waals surface area contributed by atoms with Crippen molar-refractivity contribution in [3.8, 4) is 11.5 Å². The molecule has 0 spiro atoms. The van der Waals surface area contributed by atoms with Crippen molar-refractivity contribution >= 4 is 11.6 Å². The largest absolute Gasteiger partial charge is 0.508 e. The maximum Gasteiger partial charge on any atom is 0.257 e. The van der Waals surface area contributed by atoms with E-state index in [0.29, 0.717) is 25.2 Å². The maximum absolute atomic E-state index is 12.3. The van der Waals surface area contributed by atoms with Gasteiger partial charge in [-0.2, -0.15) is 0 Å². The van der Waals surface area contributed by atoms with Gasteiger partial charge in [-0.25, -0.2) is 0 Å². The second-order valence-electron chi connectivity index (χ2n) is 4.70. The standard InChI is InChI=1S/C13H16N2O4/c1-8-7-15(5-4-11(8)14-19)13(18)10-6-9(16)2-3-12(10)17/h2-3,6,8,16-17,19H,4-5,7H2,1H3/b14-11+. The lowest BCUT2D eigenvalue weighted by Crippen LogP contribution is -2.43. The highest BCUT2D eigenvalue weighted by Crippen LogP contribution is 2.25. The summed E-state index contributed by atoms with van der Waals surface area (Å²) in [6.07, 6.45) is 0.503. The summed E-state index contributed by atoms with van der Waals surface area (Å²) < 4.78 is 0. The molecule has 1 aromatic carbocycles. The number of oxime groups is 1. The first-order chi connectivity index (χ1) is 9.02. The summed E-state index contributed by atoms with van der Waals surface area (Å²) in [5, 5.41) is 31.1. The number of hydrogen-bond acceptors (Lipinski definition) is 5. The molecule has 3 N–H and O–H groups in total. The predicted octanol–water partition coefficient (Wildman–Crippen LogP) is 1.41. The van der Waals surface area contributed by atoms with E-state index in [9.17, 15) is 15.0 Å². The van der Waals surface area contributed by atoms with Gasteiger partial charge in [-0.1, -0.05) is 12.1 Å². The minimum absolute atomic E-state index is 0.0258. The number of phenols is 2. The fourth-order valence-electron chi connectivity index (χ4n) is 2.22. The molecule has 0 radical (unpaired) electrons. The number of carbonyl (C=O) groups excluding carboxylic acids is 1. The summed E-state index contributed by atoms with van der Waals surface area (Å²) in [4.78, 5) is 13.8. The molecule has 1 unspecified atom stereocenters. The number of likely N-dealkylation sites (tertiary alicyclic amines) is 1. The van der Waals surface area contributed by atoms with Crippen molar-refractivity contribution in [1.29, 1.82) is 0 Å². The molecule has 2 rings (SSSR count). The average Bonchev–Trinajstić information content (AvgIpc) is 2.40. The third-order valence-electron chi connectivity index (χ3n) is 3.33. The lowest BCUT2D eigenvalue weighted by atomic mass is 9.97. The zero-order valence-electron chi connectivity index (χ0n) is 10.6. The van der Waals surface area contributed by atoms with Crippen molar-refractivity contribution in [2.24, 2.45) is 11.1 Å². The highest BCUT2D eigenvalue weighted by Gasteiger charge is 2.27. The van der Waals surface area contributed by atoms with Gasteiger partial charge in [0, 0.05) is 25.4 Å². The van der Waals surface area contributed by atoms with Crippen LogP contribution in [0.1, 0.15) is 23.7 Å². The number of nitrogens with zero attached hydrogens (tertiary/aromatic N) is 2. The first-order valence-electron chi connectivity index (χ1n) is 6.05. The van der Waals surface area contributed by atoms with Crippen molar-refractivity contribution in [2.75, 3.05) is 13.1 Å². The molecular weight excluding hydrogens is 248 g/mol. The van der Waals surface area contributed by atoms with E-state index in [4.69, 9.17) is 5.21 Å². The van der Waals surface area contributed by atoms with Crippen LogP contribution in [0.25, 0.3) is 0 Å². The van der Waals surface area contributed by atoms with Crippen molar-refractivity contribution in [1.82, 2.24) is 4.90 Å². The highest BCUT2D eigenvalue weighted by atomic mass is 16.4. The predicted molar refractivity (Wildman–Crippen MR) is 68.7 cm³/mol. The van der Waals surface area contributed by atoms with Crippen LogP contribution in [0.4, 0.5) is 0 Å². The molecule has 1 saturated heterocycles. The summed E-state index contributed by atoms with van der Waals surface area (Å²) in [5.74, 6) is -0.583. The van der Waals surface area contributed by atoms with Gasteiger partial charge in [-0.15, -0.1) is 0 Å². The summed E-state index contributed by atoms with van der Waals surface area (Å²) >= 11 is 0. The topological polar surface area (TPSA) is 93.4 Å². The van der Waals surface area contributed by atoms with E-state index < -0.39 is 0 Å². The van der Waals surface area contributed by atoms with Crippen molar-refractivity contribution in [3.63, 3.8) is 0 Å². The molecular formula is C13H16N2O4. The van der Waals surface area contributed by atoms with Gasteiger partial charge in [0.15, 0.2) is 0 Å². The van der Waals surface area contributed by atoms with Crippen LogP contribution in [-0.4, -0.2) is 45.0 Å². The number of benzene rings is 1. The molecule has 1 aliphatic rings. The lowest BCUT2D eigenvalue weighted by molar-refractivity contribution is 0.0730. The van der Waals surface area contributed by atoms with Gasteiger partial charge in [0.25, 0.3) is 5.91 Å². The number of aromatic hydroxyl groups is 2. The van der Waals surface area contributed by atoms with Crippen LogP contribution in [0.2, 0.25) is 0 Å². The lowest BCUT2D eigenvalue weighted by Gasteiger charge is -2.31. The monoisotopic (exact) mass is 264 g/mol.